The van der Waals surface area contributed by atoms with Gasteiger partial charge in [-0.05, 0) is 30.9 Å². The topological polar surface area (TPSA) is 17.8 Å². The van der Waals surface area contributed by atoms with Crippen LogP contribution in [-0.4, -0.2) is 9.55 Å². The van der Waals surface area contributed by atoms with Gasteiger partial charge in [0.05, 0.1) is 0 Å². The zero-order valence-corrected chi connectivity index (χ0v) is 10.6. The Hall–Kier alpha value is -1.28. The van der Waals surface area contributed by atoms with Gasteiger partial charge >= 0.3 is 0 Å². The predicted molar refractivity (Wildman–Crippen MR) is 70.2 cm³/mol. The molecule has 0 amide bonds. The molecule has 0 radical (unpaired) electrons. The molecule has 1 aromatic heterocycles. The number of hydrogen-bond donors (Lipinski definition) is 0. The molecule has 2 heterocycles. The highest BCUT2D eigenvalue weighted by molar-refractivity contribution is 6.30. The van der Waals surface area contributed by atoms with E-state index in [0.29, 0.717) is 0 Å². The number of rotatable bonds is 1. The number of benzene rings is 1. The summed E-state index contributed by atoms with van der Waals surface area (Å²) in [4.78, 5) is 4.55. The molecular formula is C14H15ClN2. The molecule has 2 aromatic rings. The van der Waals surface area contributed by atoms with Crippen LogP contribution in [0.2, 0.25) is 5.02 Å². The van der Waals surface area contributed by atoms with Crippen LogP contribution in [0.5, 0.6) is 0 Å². The smallest absolute Gasteiger partial charge is 0.140 e. The molecule has 17 heavy (non-hydrogen) atoms. The van der Waals surface area contributed by atoms with Crippen LogP contribution >= 0.6 is 11.6 Å². The Morgan fingerprint density at radius 2 is 2.29 bits per heavy atom. The van der Waals surface area contributed by atoms with E-state index < -0.39 is 0 Å². The Kier molecular flexibility index (Phi) is 2.67. The summed E-state index contributed by atoms with van der Waals surface area (Å²) in [6.07, 6.45) is 4.37. The number of hydrogen-bond acceptors (Lipinski definition) is 1. The van der Waals surface area contributed by atoms with Crippen LogP contribution in [0, 0.1) is 5.92 Å². The summed E-state index contributed by atoms with van der Waals surface area (Å²) in [6.45, 7) is 3.37. The minimum absolute atomic E-state index is 0.768. The van der Waals surface area contributed by atoms with E-state index in [-0.39, 0.29) is 0 Å². The first-order valence-electron chi connectivity index (χ1n) is 6.04. The average Bonchev–Trinajstić information content (AvgIpc) is 2.71. The second-order valence-electron chi connectivity index (χ2n) is 4.83. The summed E-state index contributed by atoms with van der Waals surface area (Å²) < 4.78 is 2.33. The number of nitrogens with zero attached hydrogens (tertiary/aromatic N) is 2. The number of halogens is 1. The van der Waals surface area contributed by atoms with Gasteiger partial charge in [0.15, 0.2) is 0 Å². The summed E-state index contributed by atoms with van der Waals surface area (Å²) >= 11 is 6.03. The van der Waals surface area contributed by atoms with Gasteiger partial charge in [-0.2, -0.15) is 0 Å². The molecule has 0 spiro atoms. The molecule has 1 atom stereocenters. The van der Waals surface area contributed by atoms with Crippen molar-refractivity contribution in [3.8, 4) is 11.4 Å². The number of imidazole rings is 1. The predicted octanol–water partition coefficient (Wildman–Crippen LogP) is 3.79. The van der Waals surface area contributed by atoms with Crippen LogP contribution in [0.25, 0.3) is 11.4 Å². The molecule has 0 bridgehead atoms. The second-order valence-corrected chi connectivity index (χ2v) is 5.27. The summed E-state index contributed by atoms with van der Waals surface area (Å²) in [7, 11) is 0. The molecule has 3 rings (SSSR count). The van der Waals surface area contributed by atoms with Crippen LogP contribution in [0.1, 0.15) is 19.0 Å². The number of fused-ring (bicyclic) bond motifs is 1. The molecule has 0 saturated heterocycles. The van der Waals surface area contributed by atoms with Crippen molar-refractivity contribution in [3.63, 3.8) is 0 Å². The van der Waals surface area contributed by atoms with Crippen molar-refractivity contribution in [2.45, 2.75) is 26.3 Å². The highest BCUT2D eigenvalue weighted by Crippen LogP contribution is 2.28. The first kappa shape index (κ1) is 10.8. The maximum absolute atomic E-state index is 6.03. The van der Waals surface area contributed by atoms with Crippen molar-refractivity contribution >= 4 is 11.6 Å². The van der Waals surface area contributed by atoms with Gasteiger partial charge < -0.3 is 4.57 Å². The van der Waals surface area contributed by atoms with E-state index in [1.165, 1.54) is 12.1 Å². The third-order valence-corrected chi connectivity index (χ3v) is 3.66. The lowest BCUT2D eigenvalue weighted by Crippen LogP contribution is -2.17. The highest BCUT2D eigenvalue weighted by Gasteiger charge is 2.19. The van der Waals surface area contributed by atoms with Crippen LogP contribution in [0.3, 0.4) is 0 Å². The summed E-state index contributed by atoms with van der Waals surface area (Å²) in [5.41, 5.74) is 2.46. The van der Waals surface area contributed by atoms with Gasteiger partial charge in [0.25, 0.3) is 0 Å². The van der Waals surface area contributed by atoms with Crippen molar-refractivity contribution in [3.05, 3.63) is 41.2 Å². The largest absolute Gasteiger partial charge is 0.328 e. The third kappa shape index (κ3) is 1.98. The first-order chi connectivity index (χ1) is 8.24. The molecule has 0 aliphatic carbocycles. The van der Waals surface area contributed by atoms with Gasteiger partial charge in [-0.1, -0.05) is 30.7 Å². The maximum atomic E-state index is 6.03. The van der Waals surface area contributed by atoms with E-state index in [4.69, 9.17) is 11.6 Å². The minimum Gasteiger partial charge on any atom is -0.328 e. The van der Waals surface area contributed by atoms with Crippen molar-refractivity contribution in [1.29, 1.82) is 0 Å². The summed E-state index contributed by atoms with van der Waals surface area (Å²) in [5, 5.41) is 0.768. The van der Waals surface area contributed by atoms with Gasteiger partial charge in [0.1, 0.15) is 5.82 Å². The lowest BCUT2D eigenvalue weighted by molar-refractivity contribution is 0.419. The van der Waals surface area contributed by atoms with Crippen molar-refractivity contribution in [2.24, 2.45) is 5.92 Å². The molecule has 1 unspecified atom stereocenters. The van der Waals surface area contributed by atoms with E-state index in [1.54, 1.807) is 0 Å². The molecule has 1 aromatic carbocycles. The summed E-state index contributed by atoms with van der Waals surface area (Å²) in [6, 6.07) is 7.92. The third-order valence-electron chi connectivity index (χ3n) is 3.42. The van der Waals surface area contributed by atoms with Gasteiger partial charge in [-0.15, -0.1) is 0 Å². The zero-order chi connectivity index (χ0) is 11.8. The van der Waals surface area contributed by atoms with Crippen molar-refractivity contribution in [1.82, 2.24) is 9.55 Å². The Morgan fingerprint density at radius 3 is 3.12 bits per heavy atom. The fraction of sp³-hybridized carbons (Fsp3) is 0.357. The molecular weight excluding hydrogens is 232 g/mol. The van der Waals surface area contributed by atoms with E-state index in [2.05, 4.69) is 22.5 Å². The average molecular weight is 247 g/mol. The fourth-order valence-electron chi connectivity index (χ4n) is 2.49. The van der Waals surface area contributed by atoms with Crippen LogP contribution in [0.15, 0.2) is 30.5 Å². The van der Waals surface area contributed by atoms with E-state index in [0.717, 1.165) is 35.3 Å². The van der Waals surface area contributed by atoms with Gasteiger partial charge in [0.2, 0.25) is 0 Å². The molecule has 0 saturated carbocycles. The van der Waals surface area contributed by atoms with Crippen molar-refractivity contribution in [2.75, 3.05) is 0 Å². The second kappa shape index (κ2) is 4.19. The van der Waals surface area contributed by atoms with E-state index in [9.17, 15) is 0 Å². The Labute approximate surface area is 106 Å². The van der Waals surface area contributed by atoms with Crippen LogP contribution < -0.4 is 0 Å². The summed E-state index contributed by atoms with van der Waals surface area (Å²) in [5.74, 6) is 1.82. The van der Waals surface area contributed by atoms with Gasteiger partial charge in [0, 0.05) is 29.0 Å². The Balaban J connectivity index is 2.05. The molecule has 0 N–H and O–H groups in total. The standard InChI is InChI=1S/C14H15ClN2/c1-10-5-6-17-13(7-10)9-16-14(17)11-3-2-4-12(15)8-11/h2-4,8-10H,5-7H2,1H3. The van der Waals surface area contributed by atoms with Gasteiger partial charge in [-0.3, -0.25) is 0 Å². The monoisotopic (exact) mass is 246 g/mol. The van der Waals surface area contributed by atoms with Crippen molar-refractivity contribution < 1.29 is 0 Å². The number of aromatic nitrogens is 2. The minimum atomic E-state index is 0.768. The lowest BCUT2D eigenvalue weighted by atomic mass is 9.98. The molecule has 1 aliphatic heterocycles. The quantitative estimate of drug-likeness (QED) is 0.749. The Bertz CT molecular complexity index is 545. The molecule has 3 heteroatoms. The highest BCUT2D eigenvalue weighted by atomic mass is 35.5. The van der Waals surface area contributed by atoms with E-state index >= 15 is 0 Å². The van der Waals surface area contributed by atoms with Crippen LogP contribution in [0.4, 0.5) is 0 Å². The lowest BCUT2D eigenvalue weighted by Gasteiger charge is -2.21. The molecule has 1 aliphatic rings. The van der Waals surface area contributed by atoms with Crippen LogP contribution in [-0.2, 0) is 13.0 Å². The van der Waals surface area contributed by atoms with E-state index in [1.807, 2.05) is 24.4 Å². The molecule has 0 fully saturated rings. The normalized spacial score (nSPS) is 19.1. The maximum Gasteiger partial charge on any atom is 0.140 e. The fourth-order valence-corrected chi connectivity index (χ4v) is 2.68. The Morgan fingerprint density at radius 1 is 1.41 bits per heavy atom. The zero-order valence-electron chi connectivity index (χ0n) is 9.86. The SMILES string of the molecule is CC1CCn2c(cnc2-c2cccc(Cl)c2)C1. The van der Waals surface area contributed by atoms with Gasteiger partial charge in [-0.25, -0.2) is 4.98 Å². The molecule has 2 nitrogen and oxygen atoms in total. The first-order valence-corrected chi connectivity index (χ1v) is 6.42. The molecule has 88 valence electrons.